The van der Waals surface area contributed by atoms with Crippen LogP contribution in [0.1, 0.15) is 25.0 Å². The van der Waals surface area contributed by atoms with Gasteiger partial charge in [-0.1, -0.05) is 0 Å². The molecule has 1 aromatic rings. The first-order valence-electron chi connectivity index (χ1n) is 9.83. The number of alkyl halides is 3. The highest BCUT2D eigenvalue weighted by Gasteiger charge is 2.38. The van der Waals surface area contributed by atoms with E-state index in [2.05, 4.69) is 10.3 Å². The molecule has 0 aliphatic carbocycles. The fourth-order valence-corrected chi connectivity index (χ4v) is 4.28. The second-order valence-corrected chi connectivity index (χ2v) is 7.92. The normalized spacial score (nSPS) is 26.2. The highest BCUT2D eigenvalue weighted by molar-refractivity contribution is 5.79. The molecule has 0 saturated carbocycles. The number of nitrogens with one attached hydrogen (secondary N) is 1. The maximum Gasteiger partial charge on any atom is 0.434 e. The standard InChI is InChI=1S/C18H24F3N5O3/c19-18(20,21)15-9-24(11-22-15)7-12-1-4-25(5-2-12)17(28)26-6-3-14-13(8-26)23-16(27)10-29-14/h9,11-14H,1-8,10H2,(H,23,27)/t13-,14?/m1/s1. The van der Waals surface area contributed by atoms with Crippen LogP contribution >= 0.6 is 0 Å². The van der Waals surface area contributed by atoms with Gasteiger partial charge in [0.1, 0.15) is 6.61 Å². The lowest BCUT2D eigenvalue weighted by Gasteiger charge is -2.43. The van der Waals surface area contributed by atoms with E-state index >= 15 is 0 Å². The molecule has 0 spiro atoms. The molecule has 11 heteroatoms. The molecule has 8 nitrogen and oxygen atoms in total. The van der Waals surface area contributed by atoms with Crippen molar-refractivity contribution in [3.8, 4) is 0 Å². The fraction of sp³-hybridized carbons (Fsp3) is 0.722. The molecule has 2 atom stereocenters. The SMILES string of the molecule is O=C1COC2CCN(C(=O)N3CCC(Cn4cnc(C(F)(F)F)c4)CC3)C[C@H]2N1. The van der Waals surface area contributed by atoms with Crippen LogP contribution in [0.5, 0.6) is 0 Å². The van der Waals surface area contributed by atoms with Gasteiger partial charge in [-0.3, -0.25) is 4.79 Å². The second-order valence-electron chi connectivity index (χ2n) is 7.92. The van der Waals surface area contributed by atoms with Crippen molar-refractivity contribution in [2.45, 2.75) is 44.1 Å². The summed E-state index contributed by atoms with van der Waals surface area (Å²) in [4.78, 5) is 31.3. The van der Waals surface area contributed by atoms with Gasteiger partial charge in [-0.25, -0.2) is 9.78 Å². The first-order chi connectivity index (χ1) is 13.8. The second kappa shape index (κ2) is 7.85. The van der Waals surface area contributed by atoms with Gasteiger partial charge < -0.3 is 24.4 Å². The third-order valence-corrected chi connectivity index (χ3v) is 5.87. The van der Waals surface area contributed by atoms with Crippen LogP contribution in [0.25, 0.3) is 0 Å². The molecule has 0 aromatic carbocycles. The maximum absolute atomic E-state index is 12.8. The number of rotatable bonds is 2. The van der Waals surface area contributed by atoms with E-state index in [0.29, 0.717) is 39.1 Å². The van der Waals surface area contributed by atoms with Gasteiger partial charge >= 0.3 is 12.2 Å². The summed E-state index contributed by atoms with van der Waals surface area (Å²) in [5.41, 5.74) is -0.882. The average molecular weight is 415 g/mol. The number of imidazole rings is 1. The fourth-order valence-electron chi connectivity index (χ4n) is 4.28. The van der Waals surface area contributed by atoms with Crippen LogP contribution < -0.4 is 5.32 Å². The number of fused-ring (bicyclic) bond motifs is 1. The van der Waals surface area contributed by atoms with E-state index in [1.165, 1.54) is 10.9 Å². The summed E-state index contributed by atoms with van der Waals surface area (Å²) in [6, 6.07) is -0.223. The number of ether oxygens (including phenoxy) is 1. The number of likely N-dealkylation sites (tertiary alicyclic amines) is 2. The molecule has 3 aliphatic heterocycles. The van der Waals surface area contributed by atoms with Crippen molar-refractivity contribution in [3.63, 3.8) is 0 Å². The molecule has 0 radical (unpaired) electrons. The Morgan fingerprint density at radius 1 is 1.21 bits per heavy atom. The summed E-state index contributed by atoms with van der Waals surface area (Å²) in [5, 5.41) is 2.89. The van der Waals surface area contributed by atoms with Crippen LogP contribution in [0.15, 0.2) is 12.5 Å². The number of aromatic nitrogens is 2. The van der Waals surface area contributed by atoms with Gasteiger partial charge in [0, 0.05) is 38.9 Å². The highest BCUT2D eigenvalue weighted by atomic mass is 19.4. The Morgan fingerprint density at radius 2 is 1.93 bits per heavy atom. The zero-order chi connectivity index (χ0) is 20.6. The molecule has 160 valence electrons. The third-order valence-electron chi connectivity index (χ3n) is 5.87. The number of carbonyl (C=O) groups excluding carboxylic acids is 2. The van der Waals surface area contributed by atoms with Crippen LogP contribution in [0, 0.1) is 5.92 Å². The van der Waals surface area contributed by atoms with Crippen LogP contribution in [-0.2, 0) is 22.3 Å². The smallest absolute Gasteiger partial charge is 0.366 e. The summed E-state index contributed by atoms with van der Waals surface area (Å²) < 4.78 is 45.0. The summed E-state index contributed by atoms with van der Waals surface area (Å²) in [7, 11) is 0. The van der Waals surface area contributed by atoms with Crippen LogP contribution in [0.3, 0.4) is 0 Å². The molecule has 1 aromatic heterocycles. The van der Waals surface area contributed by atoms with Crippen LogP contribution in [0.4, 0.5) is 18.0 Å². The quantitative estimate of drug-likeness (QED) is 0.790. The number of nitrogens with zero attached hydrogens (tertiary/aromatic N) is 4. The highest BCUT2D eigenvalue weighted by Crippen LogP contribution is 2.28. The number of amides is 3. The van der Waals surface area contributed by atoms with Gasteiger partial charge in [0.2, 0.25) is 5.91 Å². The number of carbonyl (C=O) groups is 2. The predicted molar refractivity (Wildman–Crippen MR) is 94.8 cm³/mol. The Balaban J connectivity index is 1.26. The Kier molecular flexibility index (Phi) is 5.41. The monoisotopic (exact) mass is 415 g/mol. The average Bonchev–Trinajstić information content (AvgIpc) is 3.16. The molecule has 1 unspecified atom stereocenters. The van der Waals surface area contributed by atoms with Crippen LogP contribution in [0.2, 0.25) is 0 Å². The van der Waals surface area contributed by atoms with Crippen molar-refractivity contribution in [2.75, 3.05) is 32.8 Å². The molecule has 3 amide bonds. The molecule has 0 bridgehead atoms. The Labute approximate surface area is 166 Å². The lowest BCUT2D eigenvalue weighted by Crippen LogP contribution is -2.62. The van der Waals surface area contributed by atoms with Crippen molar-refractivity contribution >= 4 is 11.9 Å². The van der Waals surface area contributed by atoms with E-state index in [9.17, 15) is 22.8 Å². The van der Waals surface area contributed by atoms with E-state index in [1.54, 1.807) is 9.80 Å². The Bertz CT molecular complexity index is 760. The first-order valence-corrected chi connectivity index (χ1v) is 9.83. The van der Waals surface area contributed by atoms with Crippen molar-refractivity contribution in [2.24, 2.45) is 5.92 Å². The lowest BCUT2D eigenvalue weighted by atomic mass is 9.96. The van der Waals surface area contributed by atoms with Gasteiger partial charge in [0.15, 0.2) is 5.69 Å². The van der Waals surface area contributed by atoms with Crippen molar-refractivity contribution in [3.05, 3.63) is 18.2 Å². The van der Waals surface area contributed by atoms with Crippen molar-refractivity contribution in [1.29, 1.82) is 0 Å². The molecule has 1 N–H and O–H groups in total. The van der Waals surface area contributed by atoms with Gasteiger partial charge in [0.05, 0.1) is 18.5 Å². The summed E-state index contributed by atoms with van der Waals surface area (Å²) in [5.74, 6) is 0.0423. The van der Waals surface area contributed by atoms with Gasteiger partial charge in [-0.05, 0) is 25.2 Å². The number of hydrogen-bond acceptors (Lipinski definition) is 4. The molecule has 3 aliphatic rings. The largest absolute Gasteiger partial charge is 0.434 e. The minimum atomic E-state index is -4.43. The predicted octanol–water partition coefficient (Wildman–Crippen LogP) is 1.32. The summed E-state index contributed by atoms with van der Waals surface area (Å²) in [6.07, 6.45) is -0.0881. The van der Waals surface area contributed by atoms with E-state index in [-0.39, 0.29) is 36.6 Å². The molecular weight excluding hydrogens is 391 g/mol. The topological polar surface area (TPSA) is 79.7 Å². The third kappa shape index (κ3) is 4.49. The Morgan fingerprint density at radius 3 is 2.62 bits per heavy atom. The zero-order valence-corrected chi connectivity index (χ0v) is 15.9. The molecule has 3 fully saturated rings. The first kappa shape index (κ1) is 20.0. The van der Waals surface area contributed by atoms with Crippen LogP contribution in [-0.4, -0.2) is 76.2 Å². The lowest BCUT2D eigenvalue weighted by molar-refractivity contribution is -0.141. The molecule has 3 saturated heterocycles. The Hall–Kier alpha value is -2.30. The van der Waals surface area contributed by atoms with Gasteiger partial charge in [-0.2, -0.15) is 13.2 Å². The van der Waals surface area contributed by atoms with Gasteiger partial charge in [-0.15, -0.1) is 0 Å². The zero-order valence-electron chi connectivity index (χ0n) is 15.9. The minimum Gasteiger partial charge on any atom is -0.366 e. The number of hydrogen-bond donors (Lipinski definition) is 1. The van der Waals surface area contributed by atoms with E-state index < -0.39 is 11.9 Å². The van der Waals surface area contributed by atoms with E-state index in [1.807, 2.05) is 0 Å². The number of morpholine rings is 1. The van der Waals surface area contributed by atoms with Gasteiger partial charge in [0.25, 0.3) is 0 Å². The molecule has 4 rings (SSSR count). The number of piperidine rings is 2. The van der Waals surface area contributed by atoms with Crippen molar-refractivity contribution in [1.82, 2.24) is 24.7 Å². The van der Waals surface area contributed by atoms with E-state index in [4.69, 9.17) is 4.74 Å². The summed E-state index contributed by atoms with van der Waals surface area (Å²) >= 11 is 0. The number of halogens is 3. The number of urea groups is 1. The minimum absolute atomic E-state index is 0.0424. The van der Waals surface area contributed by atoms with E-state index in [0.717, 1.165) is 19.0 Å². The summed E-state index contributed by atoms with van der Waals surface area (Å²) in [6.45, 7) is 2.69. The molecular formula is C18H24F3N5O3. The van der Waals surface area contributed by atoms with Crippen molar-refractivity contribution < 1.29 is 27.5 Å². The maximum atomic E-state index is 12.8. The molecule has 4 heterocycles. The molecule has 29 heavy (non-hydrogen) atoms.